The summed E-state index contributed by atoms with van der Waals surface area (Å²) >= 11 is 9.21. The molecule has 4 rings (SSSR count). The Morgan fingerprint density at radius 3 is 2.86 bits per heavy atom. The third-order valence-electron chi connectivity index (χ3n) is 3.30. The van der Waals surface area contributed by atoms with E-state index in [4.69, 9.17) is 16.7 Å². The molecule has 110 valence electrons. The van der Waals surface area contributed by atoms with E-state index >= 15 is 0 Å². The van der Waals surface area contributed by atoms with Gasteiger partial charge in [-0.25, -0.2) is 0 Å². The largest absolute Gasteiger partial charge is 0.212 e. The molecule has 0 saturated heterocycles. The molecule has 0 unspecified atom stereocenters. The third kappa shape index (κ3) is 2.47. The van der Waals surface area contributed by atoms with Crippen molar-refractivity contribution in [2.75, 3.05) is 5.75 Å². The van der Waals surface area contributed by atoms with Crippen molar-refractivity contribution >= 4 is 40.4 Å². The highest BCUT2D eigenvalue weighted by atomic mass is 35.5. The van der Waals surface area contributed by atoms with E-state index in [9.17, 15) is 0 Å². The van der Waals surface area contributed by atoms with Crippen molar-refractivity contribution in [3.05, 3.63) is 51.2 Å². The monoisotopic (exact) mass is 346 g/mol. The summed E-state index contributed by atoms with van der Waals surface area (Å²) in [6, 6.07) is 12.1. The molecular formula is C15H11ClN4S2. The molecule has 22 heavy (non-hydrogen) atoms. The van der Waals surface area contributed by atoms with Crippen LogP contribution in [0, 0.1) is 6.92 Å². The summed E-state index contributed by atoms with van der Waals surface area (Å²) in [5.41, 5.74) is 3.21. The topological polar surface area (TPSA) is 43.1 Å². The Morgan fingerprint density at radius 1 is 1.18 bits per heavy atom. The maximum absolute atomic E-state index is 6.03. The van der Waals surface area contributed by atoms with Gasteiger partial charge in [-0.1, -0.05) is 47.1 Å². The van der Waals surface area contributed by atoms with Gasteiger partial charge in [-0.05, 0) is 25.1 Å². The first-order valence-corrected chi connectivity index (χ1v) is 8.87. The highest BCUT2D eigenvalue weighted by Gasteiger charge is 2.21. The second-order valence-electron chi connectivity index (χ2n) is 4.93. The minimum Gasteiger partial charge on any atom is -0.186 e. The van der Waals surface area contributed by atoms with Crippen molar-refractivity contribution in [3.8, 4) is 11.4 Å². The van der Waals surface area contributed by atoms with E-state index in [1.54, 1.807) is 23.1 Å². The lowest BCUT2D eigenvalue weighted by molar-refractivity contribution is 0.763. The van der Waals surface area contributed by atoms with Crippen LogP contribution < -0.4 is 0 Å². The SMILES string of the molecule is Cc1cccc(-c2nnc3n2N=C(c2ccc(Cl)s2)CS3)c1. The molecule has 0 atom stereocenters. The van der Waals surface area contributed by atoms with Crippen molar-refractivity contribution in [2.24, 2.45) is 5.10 Å². The molecule has 1 aliphatic rings. The predicted molar refractivity (Wildman–Crippen MR) is 92.2 cm³/mol. The second-order valence-corrected chi connectivity index (χ2v) is 7.58. The molecule has 0 spiro atoms. The smallest absolute Gasteiger partial charge is 0.186 e. The van der Waals surface area contributed by atoms with Crippen LogP contribution in [0.1, 0.15) is 10.4 Å². The fourth-order valence-corrected chi connectivity index (χ4v) is 4.23. The number of benzene rings is 1. The molecule has 0 amide bonds. The molecule has 4 nitrogen and oxygen atoms in total. The Balaban J connectivity index is 1.81. The van der Waals surface area contributed by atoms with Crippen molar-refractivity contribution < 1.29 is 0 Å². The van der Waals surface area contributed by atoms with Gasteiger partial charge in [-0.3, -0.25) is 0 Å². The van der Waals surface area contributed by atoms with E-state index < -0.39 is 0 Å². The quantitative estimate of drug-likeness (QED) is 0.693. The van der Waals surface area contributed by atoms with E-state index in [-0.39, 0.29) is 0 Å². The summed E-state index contributed by atoms with van der Waals surface area (Å²) in [5.74, 6) is 1.55. The average molecular weight is 347 g/mol. The number of halogens is 1. The summed E-state index contributed by atoms with van der Waals surface area (Å²) < 4.78 is 2.60. The van der Waals surface area contributed by atoms with Crippen LogP contribution in [0.15, 0.2) is 46.7 Å². The molecule has 0 aliphatic carbocycles. The van der Waals surface area contributed by atoms with Gasteiger partial charge in [0.05, 0.1) is 14.9 Å². The van der Waals surface area contributed by atoms with Crippen molar-refractivity contribution in [2.45, 2.75) is 12.1 Å². The Kier molecular flexibility index (Phi) is 3.52. The average Bonchev–Trinajstić information content (AvgIpc) is 3.12. The lowest BCUT2D eigenvalue weighted by Crippen LogP contribution is -2.12. The minimum absolute atomic E-state index is 0.769. The maximum Gasteiger partial charge on any atom is 0.212 e. The van der Waals surface area contributed by atoms with E-state index in [2.05, 4.69) is 29.3 Å². The van der Waals surface area contributed by atoms with Gasteiger partial charge in [-0.2, -0.15) is 9.78 Å². The van der Waals surface area contributed by atoms with E-state index in [1.165, 1.54) is 5.56 Å². The highest BCUT2D eigenvalue weighted by Crippen LogP contribution is 2.31. The summed E-state index contributed by atoms with van der Waals surface area (Å²) in [4.78, 5) is 1.09. The Morgan fingerprint density at radius 2 is 2.09 bits per heavy atom. The molecule has 1 aliphatic heterocycles. The highest BCUT2D eigenvalue weighted by molar-refractivity contribution is 7.99. The number of aromatic nitrogens is 3. The van der Waals surface area contributed by atoms with Crippen LogP contribution in [0.25, 0.3) is 11.4 Å². The Labute approximate surface area is 140 Å². The third-order valence-corrected chi connectivity index (χ3v) is 5.52. The molecule has 0 saturated carbocycles. The first kappa shape index (κ1) is 14.0. The van der Waals surface area contributed by atoms with Crippen LogP contribution in [0.3, 0.4) is 0 Å². The fourth-order valence-electron chi connectivity index (χ4n) is 2.28. The zero-order valence-electron chi connectivity index (χ0n) is 11.7. The van der Waals surface area contributed by atoms with Gasteiger partial charge in [0.1, 0.15) is 0 Å². The number of thioether (sulfide) groups is 1. The number of hydrogen-bond donors (Lipinski definition) is 0. The summed E-state index contributed by atoms with van der Waals surface area (Å²) in [5, 5.41) is 14.1. The van der Waals surface area contributed by atoms with Gasteiger partial charge < -0.3 is 0 Å². The van der Waals surface area contributed by atoms with E-state index in [0.717, 1.165) is 37.2 Å². The van der Waals surface area contributed by atoms with Gasteiger partial charge in [0.2, 0.25) is 5.16 Å². The zero-order valence-corrected chi connectivity index (χ0v) is 14.0. The Bertz CT molecular complexity index is 881. The zero-order chi connectivity index (χ0) is 15.1. The van der Waals surface area contributed by atoms with Crippen molar-refractivity contribution in [1.29, 1.82) is 0 Å². The number of fused-ring (bicyclic) bond motifs is 1. The molecule has 3 aromatic rings. The van der Waals surface area contributed by atoms with Crippen LogP contribution in [0.5, 0.6) is 0 Å². The van der Waals surface area contributed by atoms with Crippen LogP contribution in [0.2, 0.25) is 4.34 Å². The number of hydrogen-bond acceptors (Lipinski definition) is 5. The Hall–Kier alpha value is -1.63. The summed E-state index contributed by atoms with van der Waals surface area (Å²) in [6.07, 6.45) is 0. The second kappa shape index (κ2) is 5.53. The molecule has 0 bridgehead atoms. The molecule has 3 heterocycles. The normalized spacial score (nSPS) is 13.8. The molecule has 2 aromatic heterocycles. The van der Waals surface area contributed by atoms with Gasteiger partial charge in [0, 0.05) is 11.3 Å². The molecule has 0 fully saturated rings. The predicted octanol–water partition coefficient (Wildman–Crippen LogP) is 4.33. The summed E-state index contributed by atoms with van der Waals surface area (Å²) in [6.45, 7) is 2.06. The van der Waals surface area contributed by atoms with Crippen LogP contribution in [0.4, 0.5) is 0 Å². The van der Waals surface area contributed by atoms with Gasteiger partial charge in [-0.15, -0.1) is 21.5 Å². The fraction of sp³-hybridized carbons (Fsp3) is 0.133. The van der Waals surface area contributed by atoms with Crippen molar-refractivity contribution in [1.82, 2.24) is 14.9 Å². The van der Waals surface area contributed by atoms with E-state index in [0.29, 0.717) is 0 Å². The van der Waals surface area contributed by atoms with Gasteiger partial charge in [0.15, 0.2) is 5.82 Å². The van der Waals surface area contributed by atoms with Gasteiger partial charge in [0.25, 0.3) is 0 Å². The molecule has 0 radical (unpaired) electrons. The first-order chi connectivity index (χ1) is 10.7. The number of thiophene rings is 1. The van der Waals surface area contributed by atoms with Crippen molar-refractivity contribution in [3.63, 3.8) is 0 Å². The van der Waals surface area contributed by atoms with E-state index in [1.807, 2.05) is 28.9 Å². The molecule has 0 N–H and O–H groups in total. The number of rotatable bonds is 2. The molecular weight excluding hydrogens is 336 g/mol. The van der Waals surface area contributed by atoms with Crippen LogP contribution in [-0.2, 0) is 0 Å². The number of nitrogens with zero attached hydrogens (tertiary/aromatic N) is 4. The first-order valence-electron chi connectivity index (χ1n) is 6.69. The van der Waals surface area contributed by atoms with Crippen LogP contribution in [-0.4, -0.2) is 26.3 Å². The maximum atomic E-state index is 6.03. The minimum atomic E-state index is 0.769. The molecule has 7 heteroatoms. The lowest BCUT2D eigenvalue weighted by Gasteiger charge is -2.12. The standard InChI is InChI=1S/C15H11ClN4S2/c1-9-3-2-4-10(7-9)14-17-18-15-20(14)19-11(8-21-15)12-5-6-13(16)22-12/h2-7H,8H2,1H3. The summed E-state index contributed by atoms with van der Waals surface area (Å²) in [7, 11) is 0. The lowest BCUT2D eigenvalue weighted by atomic mass is 10.1. The molecule has 1 aromatic carbocycles. The van der Waals surface area contributed by atoms with Crippen LogP contribution >= 0.6 is 34.7 Å². The van der Waals surface area contributed by atoms with Gasteiger partial charge >= 0.3 is 0 Å². The number of aryl methyl sites for hydroxylation is 1.